The van der Waals surface area contributed by atoms with Gasteiger partial charge in [-0.15, -0.1) is 0 Å². The van der Waals surface area contributed by atoms with E-state index in [1.54, 1.807) is 0 Å². The van der Waals surface area contributed by atoms with Crippen molar-refractivity contribution in [2.75, 3.05) is 16.4 Å². The maximum Gasteiger partial charge on any atom is 0.159 e. The van der Waals surface area contributed by atoms with Crippen molar-refractivity contribution >= 4 is 28.7 Å². The van der Waals surface area contributed by atoms with E-state index in [0.29, 0.717) is 17.3 Å². The van der Waals surface area contributed by atoms with Gasteiger partial charge in [0.1, 0.15) is 12.0 Å². The topological polar surface area (TPSA) is 75.9 Å². The molecule has 0 unspecified atom stereocenters. The smallest absolute Gasteiger partial charge is 0.159 e. The molecule has 2 aromatic carbocycles. The van der Waals surface area contributed by atoms with Gasteiger partial charge in [-0.25, -0.2) is 9.97 Å². The first-order valence-electron chi connectivity index (χ1n) is 7.81. The van der Waals surface area contributed by atoms with Crippen molar-refractivity contribution in [3.8, 4) is 0 Å². The van der Waals surface area contributed by atoms with Gasteiger partial charge in [0, 0.05) is 11.4 Å². The minimum atomic E-state index is 0.484. The van der Waals surface area contributed by atoms with Crippen molar-refractivity contribution in [1.82, 2.24) is 9.97 Å². The van der Waals surface area contributed by atoms with Crippen molar-refractivity contribution in [3.63, 3.8) is 0 Å². The molecule has 0 aliphatic rings. The van der Waals surface area contributed by atoms with E-state index in [-0.39, 0.29) is 0 Å². The fourth-order valence-corrected chi connectivity index (χ4v) is 2.64. The maximum atomic E-state index is 6.24. The summed E-state index contributed by atoms with van der Waals surface area (Å²) in [5.74, 6) is 1.17. The van der Waals surface area contributed by atoms with Crippen LogP contribution in [0.2, 0.25) is 0 Å². The molecule has 0 radical (unpaired) electrons. The fraction of sp³-hybridized carbons (Fsp3) is 0.158. The molecule has 0 saturated carbocycles. The van der Waals surface area contributed by atoms with Crippen molar-refractivity contribution in [2.45, 2.75) is 20.8 Å². The second-order valence-electron chi connectivity index (χ2n) is 5.98. The number of anilines is 5. The van der Waals surface area contributed by atoms with Crippen LogP contribution in [0.3, 0.4) is 0 Å². The van der Waals surface area contributed by atoms with Gasteiger partial charge >= 0.3 is 0 Å². The van der Waals surface area contributed by atoms with Crippen molar-refractivity contribution < 1.29 is 0 Å². The van der Waals surface area contributed by atoms with Crippen LogP contribution in [0.15, 0.2) is 48.8 Å². The molecule has 0 atom stereocenters. The Hall–Kier alpha value is -3.08. The summed E-state index contributed by atoms with van der Waals surface area (Å²) in [6.45, 7) is 6.17. The number of nitrogens with zero attached hydrogens (tertiary/aromatic N) is 2. The zero-order chi connectivity index (χ0) is 17.1. The predicted octanol–water partition coefficient (Wildman–Crippen LogP) is 4.47. The van der Waals surface area contributed by atoms with Gasteiger partial charge in [-0.2, -0.15) is 0 Å². The lowest BCUT2D eigenvalue weighted by atomic mass is 10.1. The average molecular weight is 319 g/mol. The molecule has 0 amide bonds. The van der Waals surface area contributed by atoms with Crippen LogP contribution < -0.4 is 16.4 Å². The van der Waals surface area contributed by atoms with Crippen LogP contribution in [-0.4, -0.2) is 9.97 Å². The number of nitrogens with two attached hydrogens (primary N) is 1. The van der Waals surface area contributed by atoms with Gasteiger partial charge < -0.3 is 16.4 Å². The summed E-state index contributed by atoms with van der Waals surface area (Å²) in [6.07, 6.45) is 1.50. The molecule has 0 aliphatic heterocycles. The molecule has 122 valence electrons. The van der Waals surface area contributed by atoms with E-state index in [1.165, 1.54) is 23.0 Å². The molecule has 0 bridgehead atoms. The molecule has 0 spiro atoms. The average Bonchev–Trinajstić information content (AvgIpc) is 2.50. The zero-order valence-corrected chi connectivity index (χ0v) is 14.1. The summed E-state index contributed by atoms with van der Waals surface area (Å²) in [5, 5.41) is 6.52. The third-order valence-corrected chi connectivity index (χ3v) is 3.65. The Bertz CT molecular complexity index is 853. The minimum Gasteiger partial charge on any atom is -0.393 e. The van der Waals surface area contributed by atoms with Crippen LogP contribution in [-0.2, 0) is 0 Å². The van der Waals surface area contributed by atoms with E-state index < -0.39 is 0 Å². The summed E-state index contributed by atoms with van der Waals surface area (Å²) in [7, 11) is 0. The number of rotatable bonds is 4. The van der Waals surface area contributed by atoms with E-state index in [4.69, 9.17) is 5.73 Å². The van der Waals surface area contributed by atoms with Crippen LogP contribution >= 0.6 is 0 Å². The molecule has 5 heteroatoms. The molecule has 24 heavy (non-hydrogen) atoms. The fourth-order valence-electron chi connectivity index (χ4n) is 2.64. The standard InChI is InChI=1S/C19H21N5/c1-12-5-4-6-15(8-12)23-18-17(20)19(22-11-21-18)24-16-9-13(2)7-14(3)10-16/h4-11H,20H2,1-3H3,(H2,21,22,23,24). The van der Waals surface area contributed by atoms with Crippen LogP contribution in [0.1, 0.15) is 16.7 Å². The largest absolute Gasteiger partial charge is 0.393 e. The van der Waals surface area contributed by atoms with Gasteiger partial charge in [0.2, 0.25) is 0 Å². The molecule has 4 N–H and O–H groups in total. The Labute approximate surface area is 142 Å². The Morgan fingerprint density at radius 2 is 1.33 bits per heavy atom. The van der Waals surface area contributed by atoms with Gasteiger partial charge in [0.25, 0.3) is 0 Å². The molecule has 1 heterocycles. The molecular weight excluding hydrogens is 298 g/mol. The minimum absolute atomic E-state index is 0.484. The van der Waals surface area contributed by atoms with Crippen LogP contribution in [0.5, 0.6) is 0 Å². The molecule has 3 aromatic rings. The third kappa shape index (κ3) is 3.63. The predicted molar refractivity (Wildman–Crippen MR) is 100 cm³/mol. The number of hydrogen-bond donors (Lipinski definition) is 3. The van der Waals surface area contributed by atoms with Gasteiger partial charge in [-0.3, -0.25) is 0 Å². The van der Waals surface area contributed by atoms with E-state index >= 15 is 0 Å². The lowest BCUT2D eigenvalue weighted by molar-refractivity contribution is 1.17. The van der Waals surface area contributed by atoms with Crippen LogP contribution in [0, 0.1) is 20.8 Å². The Balaban J connectivity index is 1.88. The van der Waals surface area contributed by atoms with E-state index in [0.717, 1.165) is 11.4 Å². The van der Waals surface area contributed by atoms with Crippen molar-refractivity contribution in [2.24, 2.45) is 0 Å². The number of aromatic nitrogens is 2. The quantitative estimate of drug-likeness (QED) is 0.661. The van der Waals surface area contributed by atoms with E-state index in [1.807, 2.05) is 31.2 Å². The molecule has 0 saturated heterocycles. The van der Waals surface area contributed by atoms with Crippen molar-refractivity contribution in [3.05, 3.63) is 65.5 Å². The first-order chi connectivity index (χ1) is 11.5. The number of aryl methyl sites for hydroxylation is 3. The van der Waals surface area contributed by atoms with Gasteiger partial charge in [-0.1, -0.05) is 18.2 Å². The van der Waals surface area contributed by atoms with Crippen LogP contribution in [0.25, 0.3) is 0 Å². The van der Waals surface area contributed by atoms with E-state index in [2.05, 4.69) is 52.6 Å². The van der Waals surface area contributed by atoms with Gasteiger partial charge in [0.05, 0.1) is 0 Å². The summed E-state index contributed by atoms with van der Waals surface area (Å²) in [5.41, 5.74) is 12.2. The lowest BCUT2D eigenvalue weighted by Gasteiger charge is -2.13. The Morgan fingerprint density at radius 1 is 0.750 bits per heavy atom. The monoisotopic (exact) mass is 319 g/mol. The van der Waals surface area contributed by atoms with Crippen LogP contribution in [0.4, 0.5) is 28.7 Å². The number of nitrogen functional groups attached to an aromatic ring is 1. The normalized spacial score (nSPS) is 10.5. The Morgan fingerprint density at radius 3 is 1.96 bits per heavy atom. The maximum absolute atomic E-state index is 6.24. The first kappa shape index (κ1) is 15.8. The summed E-state index contributed by atoms with van der Waals surface area (Å²) in [6, 6.07) is 14.3. The first-order valence-corrected chi connectivity index (χ1v) is 7.81. The highest BCUT2D eigenvalue weighted by Crippen LogP contribution is 2.28. The highest BCUT2D eigenvalue weighted by molar-refractivity contribution is 5.80. The zero-order valence-electron chi connectivity index (χ0n) is 14.1. The summed E-state index contributed by atoms with van der Waals surface area (Å²) >= 11 is 0. The second-order valence-corrected chi connectivity index (χ2v) is 5.98. The lowest BCUT2D eigenvalue weighted by Crippen LogP contribution is -2.05. The Kier molecular flexibility index (Phi) is 4.33. The highest BCUT2D eigenvalue weighted by Gasteiger charge is 2.09. The molecule has 5 nitrogen and oxygen atoms in total. The number of hydrogen-bond acceptors (Lipinski definition) is 5. The molecule has 0 fully saturated rings. The molecular formula is C19H21N5. The van der Waals surface area contributed by atoms with Crippen molar-refractivity contribution in [1.29, 1.82) is 0 Å². The SMILES string of the molecule is Cc1cccc(Nc2ncnc(Nc3cc(C)cc(C)c3)c2N)c1. The second kappa shape index (κ2) is 6.58. The van der Waals surface area contributed by atoms with E-state index in [9.17, 15) is 0 Å². The van der Waals surface area contributed by atoms with Gasteiger partial charge in [-0.05, 0) is 61.7 Å². The summed E-state index contributed by atoms with van der Waals surface area (Å²) in [4.78, 5) is 8.52. The number of nitrogens with one attached hydrogen (secondary N) is 2. The third-order valence-electron chi connectivity index (χ3n) is 3.65. The number of benzene rings is 2. The molecule has 3 rings (SSSR count). The molecule has 1 aromatic heterocycles. The van der Waals surface area contributed by atoms with Gasteiger partial charge in [0.15, 0.2) is 11.6 Å². The molecule has 0 aliphatic carbocycles. The summed E-state index contributed by atoms with van der Waals surface area (Å²) < 4.78 is 0. The highest BCUT2D eigenvalue weighted by atomic mass is 15.1.